The zero-order valence-corrected chi connectivity index (χ0v) is 12.1. The molecule has 23 heavy (non-hydrogen) atoms. The summed E-state index contributed by atoms with van der Waals surface area (Å²) in [5.41, 5.74) is 7.49. The van der Waals surface area contributed by atoms with Crippen molar-refractivity contribution in [3.8, 4) is 22.8 Å². The van der Waals surface area contributed by atoms with Crippen LogP contribution in [0.3, 0.4) is 0 Å². The fraction of sp³-hybridized carbons (Fsp3) is 0. The number of nitrogen functional groups attached to an aromatic ring is 1. The molecule has 0 unspecified atom stereocenters. The maximum absolute atomic E-state index is 5.79. The lowest BCUT2D eigenvalue weighted by Crippen LogP contribution is -1.96. The van der Waals surface area contributed by atoms with Crippen molar-refractivity contribution >= 4 is 11.7 Å². The SMILES string of the molecule is Nc1nc2nccc(-c3ccc(Oc4ccccc4)cc3)n2n1. The zero-order valence-electron chi connectivity index (χ0n) is 12.1. The molecule has 4 rings (SSSR count). The maximum atomic E-state index is 5.79. The largest absolute Gasteiger partial charge is 0.457 e. The van der Waals surface area contributed by atoms with Crippen molar-refractivity contribution in [3.05, 3.63) is 66.9 Å². The van der Waals surface area contributed by atoms with Crippen LogP contribution in [0.1, 0.15) is 0 Å². The molecule has 0 amide bonds. The van der Waals surface area contributed by atoms with Gasteiger partial charge < -0.3 is 10.5 Å². The lowest BCUT2D eigenvalue weighted by Gasteiger charge is -2.07. The van der Waals surface area contributed by atoms with Crippen molar-refractivity contribution in [2.75, 3.05) is 5.73 Å². The van der Waals surface area contributed by atoms with Gasteiger partial charge in [-0.1, -0.05) is 18.2 Å². The third kappa shape index (κ3) is 2.57. The average molecular weight is 303 g/mol. The van der Waals surface area contributed by atoms with Crippen LogP contribution in [0, 0.1) is 0 Å². The number of hydrogen-bond donors (Lipinski definition) is 1. The summed E-state index contributed by atoms with van der Waals surface area (Å²) in [6.07, 6.45) is 1.69. The monoisotopic (exact) mass is 303 g/mol. The van der Waals surface area contributed by atoms with E-state index in [4.69, 9.17) is 10.5 Å². The van der Waals surface area contributed by atoms with Crippen molar-refractivity contribution in [2.24, 2.45) is 0 Å². The Morgan fingerprint density at radius 3 is 2.39 bits per heavy atom. The second-order valence-electron chi connectivity index (χ2n) is 4.95. The molecule has 4 aromatic rings. The van der Waals surface area contributed by atoms with Gasteiger partial charge in [-0.25, -0.2) is 4.98 Å². The third-order valence-electron chi connectivity index (χ3n) is 3.39. The second kappa shape index (κ2) is 5.42. The summed E-state index contributed by atoms with van der Waals surface area (Å²) in [4.78, 5) is 8.21. The summed E-state index contributed by atoms with van der Waals surface area (Å²) in [6, 6.07) is 19.3. The van der Waals surface area contributed by atoms with Crippen LogP contribution in [0.15, 0.2) is 66.9 Å². The fourth-order valence-corrected chi connectivity index (χ4v) is 2.35. The summed E-state index contributed by atoms with van der Waals surface area (Å²) in [5, 5.41) is 4.17. The molecule has 6 nitrogen and oxygen atoms in total. The molecule has 0 spiro atoms. The molecule has 2 aromatic heterocycles. The van der Waals surface area contributed by atoms with E-state index in [9.17, 15) is 0 Å². The van der Waals surface area contributed by atoms with E-state index >= 15 is 0 Å². The molecule has 0 aliphatic carbocycles. The molecule has 6 heteroatoms. The van der Waals surface area contributed by atoms with Gasteiger partial charge in [-0.15, -0.1) is 5.10 Å². The summed E-state index contributed by atoms with van der Waals surface area (Å²) in [6.45, 7) is 0. The number of hydrogen-bond acceptors (Lipinski definition) is 5. The highest BCUT2D eigenvalue weighted by atomic mass is 16.5. The Morgan fingerprint density at radius 1 is 0.870 bits per heavy atom. The Morgan fingerprint density at radius 2 is 1.61 bits per heavy atom. The Hall–Kier alpha value is -3.41. The first-order valence-electron chi connectivity index (χ1n) is 7.10. The van der Waals surface area contributed by atoms with Gasteiger partial charge in [0, 0.05) is 11.8 Å². The first kappa shape index (κ1) is 13.3. The van der Waals surface area contributed by atoms with Crippen LogP contribution in [0.5, 0.6) is 11.5 Å². The Kier molecular flexibility index (Phi) is 3.12. The first-order chi connectivity index (χ1) is 11.3. The summed E-state index contributed by atoms with van der Waals surface area (Å²) < 4.78 is 7.42. The van der Waals surface area contributed by atoms with Crippen molar-refractivity contribution in [2.45, 2.75) is 0 Å². The highest BCUT2D eigenvalue weighted by Crippen LogP contribution is 2.25. The number of para-hydroxylation sites is 1. The molecule has 2 N–H and O–H groups in total. The molecule has 0 atom stereocenters. The van der Waals surface area contributed by atoms with E-state index < -0.39 is 0 Å². The second-order valence-corrected chi connectivity index (χ2v) is 4.95. The lowest BCUT2D eigenvalue weighted by atomic mass is 10.1. The number of aromatic nitrogens is 4. The Balaban J connectivity index is 1.67. The van der Waals surface area contributed by atoms with Crippen molar-refractivity contribution in [1.29, 1.82) is 0 Å². The van der Waals surface area contributed by atoms with Gasteiger partial charge in [0.05, 0.1) is 5.69 Å². The number of anilines is 1. The van der Waals surface area contributed by atoms with Gasteiger partial charge in [0.15, 0.2) is 0 Å². The highest BCUT2D eigenvalue weighted by molar-refractivity contribution is 5.62. The molecule has 2 heterocycles. The van der Waals surface area contributed by atoms with Crippen LogP contribution in [-0.4, -0.2) is 19.6 Å². The molecule has 0 aliphatic rings. The van der Waals surface area contributed by atoms with Gasteiger partial charge in [-0.2, -0.15) is 9.50 Å². The van der Waals surface area contributed by atoms with E-state index in [1.165, 1.54) is 0 Å². The molecule has 0 aliphatic heterocycles. The van der Waals surface area contributed by atoms with Gasteiger partial charge in [-0.05, 0) is 42.5 Å². The standard InChI is InChI=1S/C17H13N5O/c18-16-20-17-19-11-10-15(22(17)21-16)12-6-8-14(9-7-12)23-13-4-2-1-3-5-13/h1-11H,(H2,18,21). The summed E-state index contributed by atoms with van der Waals surface area (Å²) in [7, 11) is 0. The maximum Gasteiger partial charge on any atom is 0.254 e. The van der Waals surface area contributed by atoms with E-state index in [1.807, 2.05) is 60.7 Å². The van der Waals surface area contributed by atoms with Crippen molar-refractivity contribution < 1.29 is 4.74 Å². The van der Waals surface area contributed by atoms with Crippen LogP contribution < -0.4 is 10.5 Å². The number of benzene rings is 2. The van der Waals surface area contributed by atoms with E-state index in [0.29, 0.717) is 5.78 Å². The lowest BCUT2D eigenvalue weighted by molar-refractivity contribution is 0.483. The Bertz CT molecular complexity index is 948. The molecule has 2 aromatic carbocycles. The quantitative estimate of drug-likeness (QED) is 0.629. The minimum Gasteiger partial charge on any atom is -0.457 e. The van der Waals surface area contributed by atoms with Gasteiger partial charge in [-0.3, -0.25) is 0 Å². The number of fused-ring (bicyclic) bond motifs is 1. The Labute approximate surface area is 132 Å². The van der Waals surface area contributed by atoms with Crippen LogP contribution in [0.2, 0.25) is 0 Å². The summed E-state index contributed by atoms with van der Waals surface area (Å²) in [5.74, 6) is 2.25. The van der Waals surface area contributed by atoms with Gasteiger partial charge in [0.2, 0.25) is 5.95 Å². The molecule has 0 bridgehead atoms. The van der Waals surface area contributed by atoms with E-state index in [0.717, 1.165) is 22.8 Å². The highest BCUT2D eigenvalue weighted by Gasteiger charge is 2.08. The molecular formula is C17H13N5O. The van der Waals surface area contributed by atoms with Crippen LogP contribution in [0.25, 0.3) is 17.0 Å². The van der Waals surface area contributed by atoms with Gasteiger partial charge in [0.1, 0.15) is 11.5 Å². The fourth-order valence-electron chi connectivity index (χ4n) is 2.35. The number of ether oxygens (including phenoxy) is 1. The first-order valence-corrected chi connectivity index (χ1v) is 7.10. The predicted molar refractivity (Wildman–Crippen MR) is 87.1 cm³/mol. The summed E-state index contributed by atoms with van der Waals surface area (Å²) >= 11 is 0. The smallest absolute Gasteiger partial charge is 0.254 e. The molecule has 0 saturated carbocycles. The van der Waals surface area contributed by atoms with E-state index in [2.05, 4.69) is 15.1 Å². The molecular weight excluding hydrogens is 290 g/mol. The molecule has 0 fully saturated rings. The predicted octanol–water partition coefficient (Wildman–Crippen LogP) is 3.17. The normalized spacial score (nSPS) is 10.8. The average Bonchev–Trinajstić information content (AvgIpc) is 2.97. The van der Waals surface area contributed by atoms with E-state index in [-0.39, 0.29) is 5.95 Å². The third-order valence-corrected chi connectivity index (χ3v) is 3.39. The topological polar surface area (TPSA) is 78.3 Å². The number of rotatable bonds is 3. The van der Waals surface area contributed by atoms with Crippen molar-refractivity contribution in [3.63, 3.8) is 0 Å². The van der Waals surface area contributed by atoms with Gasteiger partial charge >= 0.3 is 0 Å². The van der Waals surface area contributed by atoms with Crippen molar-refractivity contribution in [1.82, 2.24) is 19.6 Å². The van der Waals surface area contributed by atoms with Crippen LogP contribution in [0.4, 0.5) is 5.95 Å². The van der Waals surface area contributed by atoms with Crippen LogP contribution >= 0.6 is 0 Å². The zero-order chi connectivity index (χ0) is 15.6. The van der Waals surface area contributed by atoms with Crippen LogP contribution in [-0.2, 0) is 0 Å². The number of nitrogens with two attached hydrogens (primary N) is 1. The molecule has 0 radical (unpaired) electrons. The molecule has 0 saturated heterocycles. The number of nitrogens with zero attached hydrogens (tertiary/aromatic N) is 4. The van der Waals surface area contributed by atoms with Gasteiger partial charge in [0.25, 0.3) is 5.78 Å². The molecule has 112 valence electrons. The minimum absolute atomic E-state index is 0.203. The van der Waals surface area contributed by atoms with E-state index in [1.54, 1.807) is 10.7 Å². The minimum atomic E-state index is 0.203.